The number of benzene rings is 1. The number of nitrogens with two attached hydrogens (primary N) is 1. The molecule has 0 spiro atoms. The van der Waals surface area contributed by atoms with Crippen molar-refractivity contribution in [3.8, 4) is 11.3 Å². The molecular formula is C11H10Cl2N2O. The Bertz CT molecular complexity index is 523. The number of halogens is 2. The Balaban J connectivity index is 2.53. The van der Waals surface area contributed by atoms with Gasteiger partial charge in [-0.05, 0) is 12.1 Å². The van der Waals surface area contributed by atoms with Gasteiger partial charge in [-0.25, -0.2) is 0 Å². The first-order valence-electron chi connectivity index (χ1n) is 4.82. The van der Waals surface area contributed by atoms with E-state index < -0.39 is 0 Å². The molecule has 0 fully saturated rings. The summed E-state index contributed by atoms with van der Waals surface area (Å²) in [7, 11) is 0. The Hall–Kier alpha value is -1.19. The molecule has 0 amide bonds. The lowest BCUT2D eigenvalue weighted by Gasteiger charge is -2.01. The van der Waals surface area contributed by atoms with Crippen molar-refractivity contribution in [2.24, 2.45) is 0 Å². The summed E-state index contributed by atoms with van der Waals surface area (Å²) in [6.07, 6.45) is 0.722. The second kappa shape index (κ2) is 4.36. The summed E-state index contributed by atoms with van der Waals surface area (Å²) in [5, 5.41) is 1.00. The average molecular weight is 257 g/mol. The van der Waals surface area contributed by atoms with Gasteiger partial charge in [-0.3, -0.25) is 0 Å². The summed E-state index contributed by atoms with van der Waals surface area (Å²) in [5.41, 5.74) is 7.10. The van der Waals surface area contributed by atoms with Crippen LogP contribution in [0.3, 0.4) is 0 Å². The first-order chi connectivity index (χ1) is 7.61. The predicted octanol–water partition coefficient (Wildman–Crippen LogP) is 3.79. The summed E-state index contributed by atoms with van der Waals surface area (Å²) in [4.78, 5) is 4.13. The largest absolute Gasteiger partial charge is 0.428 e. The smallest absolute Gasteiger partial charge is 0.292 e. The molecule has 16 heavy (non-hydrogen) atoms. The van der Waals surface area contributed by atoms with E-state index in [9.17, 15) is 0 Å². The van der Waals surface area contributed by atoms with Gasteiger partial charge in [0.15, 0.2) is 0 Å². The van der Waals surface area contributed by atoms with Crippen molar-refractivity contribution in [2.45, 2.75) is 13.3 Å². The Morgan fingerprint density at radius 2 is 2.06 bits per heavy atom. The zero-order valence-corrected chi connectivity index (χ0v) is 10.1. The van der Waals surface area contributed by atoms with Crippen LogP contribution in [0.25, 0.3) is 11.3 Å². The molecular weight excluding hydrogens is 247 g/mol. The third-order valence-electron chi connectivity index (χ3n) is 2.23. The molecule has 0 atom stereocenters. The molecule has 5 heteroatoms. The predicted molar refractivity (Wildman–Crippen MR) is 65.7 cm³/mol. The standard InChI is InChI=1S/C11H10Cl2N2O/c1-2-9-10(15-11(14)16-9)6-3-4-7(12)8(13)5-6/h3-5H,2H2,1H3,(H2,14,15). The van der Waals surface area contributed by atoms with Crippen LogP contribution in [0, 0.1) is 0 Å². The Kier molecular flexibility index (Phi) is 3.08. The molecule has 0 aliphatic heterocycles. The maximum atomic E-state index is 5.94. The topological polar surface area (TPSA) is 52.0 Å². The molecule has 0 radical (unpaired) electrons. The first-order valence-corrected chi connectivity index (χ1v) is 5.58. The van der Waals surface area contributed by atoms with Crippen LogP contribution < -0.4 is 5.73 Å². The van der Waals surface area contributed by atoms with Crippen LogP contribution in [-0.4, -0.2) is 4.98 Å². The third-order valence-corrected chi connectivity index (χ3v) is 2.97. The maximum absolute atomic E-state index is 5.94. The molecule has 2 rings (SSSR count). The average Bonchev–Trinajstić information content (AvgIpc) is 2.63. The quantitative estimate of drug-likeness (QED) is 0.890. The van der Waals surface area contributed by atoms with Gasteiger partial charge in [0, 0.05) is 12.0 Å². The number of rotatable bonds is 2. The highest BCUT2D eigenvalue weighted by Crippen LogP contribution is 2.30. The van der Waals surface area contributed by atoms with Crippen molar-refractivity contribution in [3.05, 3.63) is 34.0 Å². The van der Waals surface area contributed by atoms with Gasteiger partial charge >= 0.3 is 0 Å². The maximum Gasteiger partial charge on any atom is 0.292 e. The van der Waals surface area contributed by atoms with E-state index in [0.717, 1.165) is 23.4 Å². The molecule has 0 bridgehead atoms. The summed E-state index contributed by atoms with van der Waals surface area (Å²) in [5.74, 6) is 0.746. The lowest BCUT2D eigenvalue weighted by molar-refractivity contribution is 0.530. The van der Waals surface area contributed by atoms with Crippen LogP contribution in [-0.2, 0) is 6.42 Å². The van der Waals surface area contributed by atoms with Crippen molar-refractivity contribution >= 4 is 29.2 Å². The number of aryl methyl sites for hydroxylation is 1. The van der Waals surface area contributed by atoms with Crippen molar-refractivity contribution in [3.63, 3.8) is 0 Å². The van der Waals surface area contributed by atoms with E-state index in [2.05, 4.69) is 4.98 Å². The van der Waals surface area contributed by atoms with Gasteiger partial charge in [-0.15, -0.1) is 0 Å². The number of hydrogen-bond donors (Lipinski definition) is 1. The van der Waals surface area contributed by atoms with Gasteiger partial charge in [0.05, 0.1) is 10.0 Å². The minimum Gasteiger partial charge on any atom is -0.428 e. The molecule has 0 saturated heterocycles. The number of nitrogens with zero attached hydrogens (tertiary/aromatic N) is 1. The normalized spacial score (nSPS) is 10.7. The van der Waals surface area contributed by atoms with E-state index in [1.165, 1.54) is 0 Å². The fourth-order valence-corrected chi connectivity index (χ4v) is 1.78. The fourth-order valence-electron chi connectivity index (χ4n) is 1.48. The molecule has 1 heterocycles. The highest BCUT2D eigenvalue weighted by molar-refractivity contribution is 6.42. The van der Waals surface area contributed by atoms with Crippen LogP contribution >= 0.6 is 23.2 Å². The molecule has 0 aliphatic rings. The second-order valence-electron chi connectivity index (χ2n) is 3.31. The summed E-state index contributed by atoms with van der Waals surface area (Å²) in [6.45, 7) is 1.97. The van der Waals surface area contributed by atoms with E-state index in [1.54, 1.807) is 12.1 Å². The SMILES string of the molecule is CCc1oc(N)nc1-c1ccc(Cl)c(Cl)c1. The van der Waals surface area contributed by atoms with Gasteiger partial charge in [0.1, 0.15) is 11.5 Å². The fraction of sp³-hybridized carbons (Fsp3) is 0.182. The third kappa shape index (κ3) is 2.01. The van der Waals surface area contributed by atoms with E-state index in [4.69, 9.17) is 33.4 Å². The lowest BCUT2D eigenvalue weighted by Crippen LogP contribution is -1.85. The number of anilines is 1. The molecule has 0 unspecified atom stereocenters. The van der Waals surface area contributed by atoms with Gasteiger partial charge < -0.3 is 10.2 Å². The van der Waals surface area contributed by atoms with Crippen molar-refractivity contribution in [1.29, 1.82) is 0 Å². The second-order valence-corrected chi connectivity index (χ2v) is 4.12. The van der Waals surface area contributed by atoms with Gasteiger partial charge in [0.2, 0.25) is 0 Å². The molecule has 84 valence electrons. The molecule has 0 saturated carbocycles. The Labute approximate surface area is 103 Å². The summed E-state index contributed by atoms with van der Waals surface area (Å²) >= 11 is 11.8. The first kappa shape index (κ1) is 11.3. The van der Waals surface area contributed by atoms with Crippen molar-refractivity contribution in [2.75, 3.05) is 5.73 Å². The number of hydrogen-bond acceptors (Lipinski definition) is 3. The highest BCUT2D eigenvalue weighted by Gasteiger charge is 2.12. The number of nitrogen functional groups attached to an aromatic ring is 1. The van der Waals surface area contributed by atoms with Crippen molar-refractivity contribution < 1.29 is 4.42 Å². The van der Waals surface area contributed by atoms with E-state index in [-0.39, 0.29) is 6.01 Å². The minimum atomic E-state index is 0.165. The monoisotopic (exact) mass is 256 g/mol. The summed E-state index contributed by atoms with van der Waals surface area (Å²) in [6, 6.07) is 5.48. The van der Waals surface area contributed by atoms with E-state index >= 15 is 0 Å². The molecule has 2 N–H and O–H groups in total. The molecule has 1 aromatic carbocycles. The lowest BCUT2D eigenvalue weighted by atomic mass is 10.1. The van der Waals surface area contributed by atoms with Crippen LogP contribution in [0.2, 0.25) is 10.0 Å². The van der Waals surface area contributed by atoms with Gasteiger partial charge in [-0.2, -0.15) is 4.98 Å². The van der Waals surface area contributed by atoms with Crippen LogP contribution in [0.1, 0.15) is 12.7 Å². The van der Waals surface area contributed by atoms with Gasteiger partial charge in [0.25, 0.3) is 6.01 Å². The zero-order valence-electron chi connectivity index (χ0n) is 8.63. The molecule has 1 aromatic heterocycles. The molecule has 0 aliphatic carbocycles. The molecule has 3 nitrogen and oxygen atoms in total. The summed E-state index contributed by atoms with van der Waals surface area (Å²) < 4.78 is 5.28. The number of oxazole rings is 1. The Morgan fingerprint density at radius 3 is 2.69 bits per heavy atom. The zero-order chi connectivity index (χ0) is 11.7. The Morgan fingerprint density at radius 1 is 1.31 bits per heavy atom. The van der Waals surface area contributed by atoms with E-state index in [1.807, 2.05) is 13.0 Å². The van der Waals surface area contributed by atoms with Crippen molar-refractivity contribution in [1.82, 2.24) is 4.98 Å². The van der Waals surface area contributed by atoms with E-state index in [0.29, 0.717) is 10.0 Å². The van der Waals surface area contributed by atoms with Gasteiger partial charge in [-0.1, -0.05) is 36.2 Å². The number of aromatic nitrogens is 1. The molecule has 2 aromatic rings. The van der Waals surface area contributed by atoms with Crippen LogP contribution in [0.5, 0.6) is 0 Å². The highest BCUT2D eigenvalue weighted by atomic mass is 35.5. The van der Waals surface area contributed by atoms with Crippen LogP contribution in [0.4, 0.5) is 6.01 Å². The minimum absolute atomic E-state index is 0.165. The van der Waals surface area contributed by atoms with Crippen LogP contribution in [0.15, 0.2) is 22.6 Å².